The van der Waals surface area contributed by atoms with Crippen LogP contribution in [0.4, 0.5) is 0 Å². The van der Waals surface area contributed by atoms with Gasteiger partial charge < -0.3 is 10.2 Å². The molecule has 2 heterocycles. The van der Waals surface area contributed by atoms with Crippen molar-refractivity contribution in [1.29, 1.82) is 0 Å². The van der Waals surface area contributed by atoms with Crippen molar-refractivity contribution in [3.05, 3.63) is 114 Å². The first kappa shape index (κ1) is 23.3. The average Bonchev–Trinajstić information content (AvgIpc) is 3.38. The van der Waals surface area contributed by atoms with E-state index < -0.39 is 0 Å². The van der Waals surface area contributed by atoms with Gasteiger partial charge in [0.1, 0.15) is 11.4 Å². The van der Waals surface area contributed by atoms with E-state index in [1.54, 1.807) is 22.9 Å². The van der Waals surface area contributed by atoms with Crippen LogP contribution in [0.3, 0.4) is 0 Å². The fourth-order valence-corrected chi connectivity index (χ4v) is 4.38. The lowest BCUT2D eigenvalue weighted by molar-refractivity contribution is -0.128. The Labute approximate surface area is 210 Å². The minimum Gasteiger partial charge on any atom is -0.337 e. The smallest absolute Gasteiger partial charge is 0.270 e. The van der Waals surface area contributed by atoms with Crippen molar-refractivity contribution in [2.45, 2.75) is 19.3 Å². The summed E-state index contributed by atoms with van der Waals surface area (Å²) in [5.74, 6) is -0.491. The third-order valence-electron chi connectivity index (χ3n) is 6.27. The van der Waals surface area contributed by atoms with Crippen LogP contribution in [0.25, 0.3) is 23.0 Å². The Bertz CT molecular complexity index is 1360. The second kappa shape index (κ2) is 10.9. The van der Waals surface area contributed by atoms with Crippen molar-refractivity contribution in [3.63, 3.8) is 0 Å². The summed E-state index contributed by atoms with van der Waals surface area (Å²) in [6.45, 7) is 1.37. The maximum absolute atomic E-state index is 13.6. The number of carbonyl (C=O) groups is 2. The number of nitrogens with one attached hydrogen (secondary N) is 1. The first-order chi connectivity index (χ1) is 17.7. The molecule has 6 heteroatoms. The van der Waals surface area contributed by atoms with Gasteiger partial charge in [-0.1, -0.05) is 66.7 Å². The molecule has 1 aromatic heterocycles. The number of amides is 2. The zero-order valence-corrected chi connectivity index (χ0v) is 20.0. The van der Waals surface area contributed by atoms with Crippen molar-refractivity contribution in [1.82, 2.24) is 20.0 Å². The SMILES string of the molecule is O=C(N/C(=C/c1cn(-c2ccccc2)nc1-c1ccccc1)C(=O)N1CCCCC1)c1ccccc1. The summed E-state index contributed by atoms with van der Waals surface area (Å²) in [5.41, 5.74) is 4.06. The highest BCUT2D eigenvalue weighted by molar-refractivity contribution is 6.05. The maximum Gasteiger partial charge on any atom is 0.270 e. The summed E-state index contributed by atoms with van der Waals surface area (Å²) in [4.78, 5) is 28.5. The monoisotopic (exact) mass is 476 g/mol. The minimum atomic E-state index is -0.316. The van der Waals surface area contributed by atoms with Crippen LogP contribution in [0.1, 0.15) is 35.2 Å². The molecule has 3 aromatic carbocycles. The van der Waals surface area contributed by atoms with Gasteiger partial charge in [0.15, 0.2) is 0 Å². The first-order valence-corrected chi connectivity index (χ1v) is 12.3. The number of benzene rings is 3. The van der Waals surface area contributed by atoms with Crippen molar-refractivity contribution >= 4 is 17.9 Å². The van der Waals surface area contributed by atoms with Crippen LogP contribution in [0.15, 0.2) is 103 Å². The van der Waals surface area contributed by atoms with Gasteiger partial charge in [-0.25, -0.2) is 4.68 Å². The van der Waals surface area contributed by atoms with Gasteiger partial charge in [0.05, 0.1) is 5.69 Å². The van der Waals surface area contributed by atoms with Crippen LogP contribution in [0.5, 0.6) is 0 Å². The van der Waals surface area contributed by atoms with Gasteiger partial charge in [-0.15, -0.1) is 0 Å². The Hall–Kier alpha value is -4.45. The third-order valence-corrected chi connectivity index (χ3v) is 6.27. The predicted molar refractivity (Wildman–Crippen MR) is 141 cm³/mol. The van der Waals surface area contributed by atoms with E-state index in [0.29, 0.717) is 18.7 Å². The fraction of sp³-hybridized carbons (Fsp3) is 0.167. The molecule has 0 aliphatic carbocycles. The molecule has 1 fully saturated rings. The van der Waals surface area contributed by atoms with E-state index in [1.165, 1.54) is 0 Å². The molecule has 0 saturated carbocycles. The van der Waals surface area contributed by atoms with Crippen LogP contribution >= 0.6 is 0 Å². The van der Waals surface area contributed by atoms with Crippen LogP contribution in [-0.2, 0) is 4.79 Å². The summed E-state index contributed by atoms with van der Waals surface area (Å²) in [6, 6.07) is 28.6. The van der Waals surface area contributed by atoms with Crippen LogP contribution < -0.4 is 5.32 Å². The minimum absolute atomic E-state index is 0.176. The van der Waals surface area contributed by atoms with Crippen molar-refractivity contribution in [2.24, 2.45) is 0 Å². The average molecular weight is 477 g/mol. The van der Waals surface area contributed by atoms with Crippen LogP contribution in [0, 0.1) is 0 Å². The highest BCUT2D eigenvalue weighted by Crippen LogP contribution is 2.26. The molecule has 4 aromatic rings. The molecule has 0 unspecified atom stereocenters. The molecule has 2 amide bonds. The van der Waals surface area contributed by atoms with E-state index in [0.717, 1.165) is 41.8 Å². The number of likely N-dealkylation sites (tertiary alicyclic amines) is 1. The summed E-state index contributed by atoms with van der Waals surface area (Å²) in [5, 5.41) is 7.75. The van der Waals surface area contributed by atoms with E-state index >= 15 is 0 Å². The Morgan fingerprint density at radius 2 is 1.39 bits per heavy atom. The molecule has 1 saturated heterocycles. The highest BCUT2D eigenvalue weighted by Gasteiger charge is 2.23. The number of piperidine rings is 1. The molecule has 0 atom stereocenters. The third kappa shape index (κ3) is 5.28. The number of rotatable bonds is 6. The molecular weight excluding hydrogens is 448 g/mol. The second-order valence-electron chi connectivity index (χ2n) is 8.81. The molecule has 36 heavy (non-hydrogen) atoms. The molecule has 0 spiro atoms. The summed E-state index contributed by atoms with van der Waals surface area (Å²) >= 11 is 0. The second-order valence-corrected chi connectivity index (χ2v) is 8.81. The fourth-order valence-electron chi connectivity index (χ4n) is 4.38. The van der Waals surface area contributed by atoms with Gasteiger partial charge in [-0.3, -0.25) is 9.59 Å². The van der Waals surface area contributed by atoms with Crippen molar-refractivity contribution < 1.29 is 9.59 Å². The van der Waals surface area contributed by atoms with Crippen LogP contribution in [-0.4, -0.2) is 39.6 Å². The quantitative estimate of drug-likeness (QED) is 0.383. The Morgan fingerprint density at radius 1 is 0.778 bits per heavy atom. The van der Waals surface area contributed by atoms with Gasteiger partial charge >= 0.3 is 0 Å². The van der Waals surface area contributed by atoms with Gasteiger partial charge in [0.2, 0.25) is 0 Å². The largest absolute Gasteiger partial charge is 0.337 e. The van der Waals surface area contributed by atoms with E-state index in [9.17, 15) is 9.59 Å². The Kier molecular flexibility index (Phi) is 7.03. The van der Waals surface area contributed by atoms with Gasteiger partial charge in [0, 0.05) is 36.0 Å². The highest BCUT2D eigenvalue weighted by atomic mass is 16.2. The lowest BCUT2D eigenvalue weighted by atomic mass is 10.1. The zero-order chi connectivity index (χ0) is 24.7. The molecule has 180 valence electrons. The normalized spacial score (nSPS) is 13.9. The number of hydrogen-bond donors (Lipinski definition) is 1. The zero-order valence-electron chi connectivity index (χ0n) is 20.0. The van der Waals surface area contributed by atoms with Gasteiger partial charge in [-0.2, -0.15) is 5.10 Å². The van der Waals surface area contributed by atoms with E-state index in [-0.39, 0.29) is 17.5 Å². The number of hydrogen-bond acceptors (Lipinski definition) is 3. The number of nitrogens with zero attached hydrogens (tertiary/aromatic N) is 3. The number of aromatic nitrogens is 2. The molecule has 5 rings (SSSR count). The molecule has 1 N–H and O–H groups in total. The van der Waals surface area contributed by atoms with Gasteiger partial charge in [0.25, 0.3) is 11.8 Å². The van der Waals surface area contributed by atoms with Gasteiger partial charge in [-0.05, 0) is 49.6 Å². The van der Waals surface area contributed by atoms with E-state index in [1.807, 2.05) is 90.0 Å². The lowest BCUT2D eigenvalue weighted by Crippen LogP contribution is -2.41. The predicted octanol–water partition coefficient (Wildman–Crippen LogP) is 5.32. The summed E-state index contributed by atoms with van der Waals surface area (Å²) in [7, 11) is 0. The number of carbonyl (C=O) groups excluding carboxylic acids is 2. The van der Waals surface area contributed by atoms with Crippen LogP contribution in [0.2, 0.25) is 0 Å². The first-order valence-electron chi connectivity index (χ1n) is 12.3. The van der Waals surface area contributed by atoms with E-state index in [4.69, 9.17) is 5.10 Å². The standard InChI is InChI=1S/C30H28N4O2/c35-29(24-15-7-2-8-16-24)31-27(30(36)33-19-11-4-12-20-33)21-25-22-34(26-17-9-3-10-18-26)32-28(25)23-13-5-1-6-14-23/h1-3,5-10,13-18,21-22H,4,11-12,19-20H2,(H,31,35)/b27-21+. The molecule has 6 nitrogen and oxygen atoms in total. The molecule has 1 aliphatic heterocycles. The number of para-hydroxylation sites is 1. The van der Waals surface area contributed by atoms with E-state index in [2.05, 4.69) is 5.32 Å². The molecule has 0 radical (unpaired) electrons. The Balaban J connectivity index is 1.58. The van der Waals surface area contributed by atoms with Crippen molar-refractivity contribution in [3.8, 4) is 16.9 Å². The Morgan fingerprint density at radius 3 is 2.06 bits per heavy atom. The molecule has 0 bridgehead atoms. The molecular formula is C30H28N4O2. The van der Waals surface area contributed by atoms with Crippen molar-refractivity contribution in [2.75, 3.05) is 13.1 Å². The molecule has 1 aliphatic rings. The maximum atomic E-state index is 13.6. The lowest BCUT2D eigenvalue weighted by Gasteiger charge is -2.27. The summed E-state index contributed by atoms with van der Waals surface area (Å²) < 4.78 is 1.80. The topological polar surface area (TPSA) is 67.2 Å². The summed E-state index contributed by atoms with van der Waals surface area (Å²) in [6.07, 6.45) is 6.70.